The number of amides is 3. The number of nitrogens with one attached hydrogen (secondary N) is 1. The van der Waals surface area contributed by atoms with E-state index in [-0.39, 0.29) is 30.6 Å². The molecule has 2 aliphatic rings. The molecule has 3 amide bonds. The van der Waals surface area contributed by atoms with Crippen molar-refractivity contribution in [1.29, 1.82) is 0 Å². The van der Waals surface area contributed by atoms with Gasteiger partial charge in [-0.25, -0.2) is 4.79 Å². The lowest BCUT2D eigenvalue weighted by Crippen LogP contribution is -2.51. The molecule has 2 atom stereocenters. The van der Waals surface area contributed by atoms with Gasteiger partial charge in [-0.1, -0.05) is 6.07 Å². The zero-order chi connectivity index (χ0) is 23.9. The van der Waals surface area contributed by atoms with Crippen molar-refractivity contribution in [3.05, 3.63) is 46.2 Å². The average Bonchev–Trinajstić information content (AvgIpc) is 3.54. The highest BCUT2D eigenvalue weighted by Gasteiger charge is 2.34. The van der Waals surface area contributed by atoms with E-state index in [1.54, 1.807) is 23.3 Å². The summed E-state index contributed by atoms with van der Waals surface area (Å²) in [6.45, 7) is 4.45. The Morgan fingerprint density at radius 2 is 2.15 bits per heavy atom. The second-order valence-electron chi connectivity index (χ2n) is 8.49. The van der Waals surface area contributed by atoms with Gasteiger partial charge in [-0.2, -0.15) is 0 Å². The number of thiophene rings is 1. The molecule has 0 unspecified atom stereocenters. The Kier molecular flexibility index (Phi) is 8.29. The largest absolute Gasteiger partial charge is 0.497 e. The minimum atomic E-state index is -0.233. The summed E-state index contributed by atoms with van der Waals surface area (Å²) in [5.74, 6) is 1.33. The summed E-state index contributed by atoms with van der Waals surface area (Å²) in [5.41, 5.74) is 1.12. The Bertz CT molecular complexity index is 975. The maximum Gasteiger partial charge on any atom is 0.317 e. The molecular weight excluding hydrogens is 454 g/mol. The van der Waals surface area contributed by atoms with Gasteiger partial charge in [0.1, 0.15) is 24.7 Å². The van der Waals surface area contributed by atoms with Crippen molar-refractivity contribution in [2.45, 2.75) is 38.3 Å². The smallest absolute Gasteiger partial charge is 0.317 e. The van der Waals surface area contributed by atoms with Gasteiger partial charge < -0.3 is 29.3 Å². The second-order valence-corrected chi connectivity index (χ2v) is 9.49. The Labute approximate surface area is 204 Å². The highest BCUT2D eigenvalue weighted by Crippen LogP contribution is 2.34. The van der Waals surface area contributed by atoms with Crippen LogP contribution in [0.4, 0.5) is 4.79 Å². The summed E-state index contributed by atoms with van der Waals surface area (Å²) < 4.78 is 17.1. The van der Waals surface area contributed by atoms with Crippen LogP contribution in [-0.2, 0) is 16.0 Å². The molecule has 34 heavy (non-hydrogen) atoms. The van der Waals surface area contributed by atoms with Gasteiger partial charge >= 0.3 is 6.03 Å². The van der Waals surface area contributed by atoms with Crippen molar-refractivity contribution in [3.8, 4) is 11.5 Å². The molecule has 8 nitrogen and oxygen atoms in total. The first-order valence-electron chi connectivity index (χ1n) is 11.9. The number of hydrogen-bond acceptors (Lipinski definition) is 6. The Balaban J connectivity index is 1.48. The predicted octanol–water partition coefficient (Wildman–Crippen LogP) is 3.47. The average molecular weight is 488 g/mol. The topological polar surface area (TPSA) is 80.3 Å². The number of ether oxygens (including phenoxy) is 3. The molecule has 0 spiro atoms. The number of hydrogen-bond donors (Lipinski definition) is 1. The Morgan fingerprint density at radius 1 is 1.29 bits per heavy atom. The van der Waals surface area contributed by atoms with Gasteiger partial charge in [0.05, 0.1) is 19.3 Å². The quantitative estimate of drug-likeness (QED) is 0.586. The molecule has 2 aliphatic heterocycles. The number of carbonyl (C=O) groups excluding carboxylic acids is 2. The minimum Gasteiger partial charge on any atom is -0.497 e. The molecule has 9 heteroatoms. The van der Waals surface area contributed by atoms with Gasteiger partial charge in [0.15, 0.2) is 0 Å². The Hall–Kier alpha value is -2.78. The highest BCUT2D eigenvalue weighted by molar-refractivity contribution is 7.10. The molecule has 1 saturated heterocycles. The molecular formula is C25H33N3O5S. The number of benzene rings is 1. The maximum atomic E-state index is 13.5. The molecule has 184 valence electrons. The molecule has 1 aromatic heterocycles. The van der Waals surface area contributed by atoms with Gasteiger partial charge in [0.2, 0.25) is 5.91 Å². The fraction of sp³-hybridized carbons (Fsp3) is 0.520. The van der Waals surface area contributed by atoms with Crippen LogP contribution in [0.15, 0.2) is 35.7 Å². The van der Waals surface area contributed by atoms with Crippen LogP contribution >= 0.6 is 11.3 Å². The number of urea groups is 1. The molecule has 0 bridgehead atoms. The summed E-state index contributed by atoms with van der Waals surface area (Å²) in [6, 6.07) is 9.09. The number of methoxy groups -OCH3 is 1. The zero-order valence-corrected chi connectivity index (χ0v) is 20.6. The zero-order valence-electron chi connectivity index (χ0n) is 19.8. The van der Waals surface area contributed by atoms with Gasteiger partial charge in [0.25, 0.3) is 0 Å². The van der Waals surface area contributed by atoms with Gasteiger partial charge in [-0.3, -0.25) is 4.79 Å². The van der Waals surface area contributed by atoms with E-state index < -0.39 is 0 Å². The SMILES string of the molecule is CCNC(=O)N(CC(=O)N1CCc2sccc2[C@H]1COc1cccc(OC)c1)C[C@H]1CCCO1. The first-order chi connectivity index (χ1) is 16.6. The second kappa shape index (κ2) is 11.6. The monoisotopic (exact) mass is 487 g/mol. The molecule has 0 aliphatic carbocycles. The molecule has 1 aromatic carbocycles. The number of nitrogens with zero attached hydrogens (tertiary/aromatic N) is 2. The first-order valence-corrected chi connectivity index (χ1v) is 12.7. The molecule has 0 saturated carbocycles. The standard InChI is InChI=1S/C25H33N3O5S/c1-3-26-25(30)27(15-20-8-5-12-32-20)16-24(29)28-11-9-23-21(10-13-34-23)22(28)17-33-19-7-4-6-18(14-19)31-2/h4,6-7,10,13-14,20,22H,3,5,8-9,11-12,15-17H2,1-2H3,(H,26,30)/t20-,22-/m1/s1. The van der Waals surface area contributed by atoms with Crippen molar-refractivity contribution in [3.63, 3.8) is 0 Å². The van der Waals surface area contributed by atoms with Crippen LogP contribution in [0, 0.1) is 0 Å². The third kappa shape index (κ3) is 5.82. The normalized spacial score (nSPS) is 19.4. The van der Waals surface area contributed by atoms with E-state index in [2.05, 4.69) is 16.8 Å². The third-order valence-corrected chi connectivity index (χ3v) is 7.25. The summed E-state index contributed by atoms with van der Waals surface area (Å²) in [6.07, 6.45) is 2.68. The fourth-order valence-electron chi connectivity index (χ4n) is 4.51. The van der Waals surface area contributed by atoms with Crippen molar-refractivity contribution < 1.29 is 23.8 Å². The van der Waals surface area contributed by atoms with E-state index in [0.717, 1.165) is 30.6 Å². The summed E-state index contributed by atoms with van der Waals surface area (Å²) in [5, 5.41) is 4.90. The summed E-state index contributed by atoms with van der Waals surface area (Å²) in [4.78, 5) is 31.0. The highest BCUT2D eigenvalue weighted by atomic mass is 32.1. The van der Waals surface area contributed by atoms with E-state index in [0.29, 0.717) is 38.6 Å². The maximum absolute atomic E-state index is 13.5. The van der Waals surface area contributed by atoms with E-state index in [1.165, 1.54) is 4.88 Å². The third-order valence-electron chi connectivity index (χ3n) is 6.25. The van der Waals surface area contributed by atoms with Crippen LogP contribution in [0.5, 0.6) is 11.5 Å². The first kappa shape index (κ1) is 24.3. The van der Waals surface area contributed by atoms with Gasteiger partial charge in [-0.15, -0.1) is 11.3 Å². The molecule has 1 fully saturated rings. The Morgan fingerprint density at radius 3 is 2.91 bits per heavy atom. The van der Waals surface area contributed by atoms with Gasteiger partial charge in [0, 0.05) is 37.2 Å². The number of fused-ring (bicyclic) bond motifs is 1. The number of rotatable bonds is 9. The van der Waals surface area contributed by atoms with Crippen molar-refractivity contribution in [1.82, 2.24) is 15.1 Å². The lowest BCUT2D eigenvalue weighted by atomic mass is 10.0. The van der Waals surface area contributed by atoms with E-state index in [9.17, 15) is 9.59 Å². The fourth-order valence-corrected chi connectivity index (χ4v) is 5.44. The molecule has 0 radical (unpaired) electrons. The lowest BCUT2D eigenvalue weighted by molar-refractivity contribution is -0.135. The molecule has 1 N–H and O–H groups in total. The van der Waals surface area contributed by atoms with Crippen molar-refractivity contribution >= 4 is 23.3 Å². The predicted molar refractivity (Wildman–Crippen MR) is 131 cm³/mol. The molecule has 3 heterocycles. The van der Waals surface area contributed by atoms with Crippen LogP contribution in [-0.4, -0.2) is 74.3 Å². The van der Waals surface area contributed by atoms with E-state index >= 15 is 0 Å². The van der Waals surface area contributed by atoms with Crippen LogP contribution in [0.1, 0.15) is 36.2 Å². The van der Waals surface area contributed by atoms with E-state index in [1.807, 2.05) is 36.1 Å². The van der Waals surface area contributed by atoms with Gasteiger partial charge in [-0.05, 0) is 55.3 Å². The van der Waals surface area contributed by atoms with Crippen LogP contribution in [0.25, 0.3) is 0 Å². The lowest BCUT2D eigenvalue weighted by Gasteiger charge is -2.37. The van der Waals surface area contributed by atoms with E-state index in [4.69, 9.17) is 14.2 Å². The van der Waals surface area contributed by atoms with Crippen LogP contribution < -0.4 is 14.8 Å². The van der Waals surface area contributed by atoms with Crippen LogP contribution in [0.2, 0.25) is 0 Å². The van der Waals surface area contributed by atoms with Crippen molar-refractivity contribution in [2.24, 2.45) is 0 Å². The van der Waals surface area contributed by atoms with Crippen molar-refractivity contribution in [2.75, 3.05) is 46.5 Å². The molecule has 2 aromatic rings. The summed E-state index contributed by atoms with van der Waals surface area (Å²) in [7, 11) is 1.62. The van der Waals surface area contributed by atoms with Crippen LogP contribution in [0.3, 0.4) is 0 Å². The molecule has 4 rings (SSSR count). The summed E-state index contributed by atoms with van der Waals surface area (Å²) >= 11 is 1.71. The number of carbonyl (C=O) groups is 2. The minimum absolute atomic E-state index is 0.0147.